The van der Waals surface area contributed by atoms with E-state index in [9.17, 15) is 19.7 Å². The first-order chi connectivity index (χ1) is 16.8. The number of nitrogens with one attached hydrogen (secondary N) is 2. The van der Waals surface area contributed by atoms with Crippen LogP contribution in [-0.2, 0) is 4.74 Å². The number of non-ortho nitro benzene ring substituents is 1. The van der Waals surface area contributed by atoms with Crippen LogP contribution in [0, 0.1) is 10.1 Å². The summed E-state index contributed by atoms with van der Waals surface area (Å²) in [4.78, 5) is 38.5. The van der Waals surface area contributed by atoms with Gasteiger partial charge in [0.15, 0.2) is 0 Å². The van der Waals surface area contributed by atoms with Crippen molar-refractivity contribution in [3.63, 3.8) is 0 Å². The van der Waals surface area contributed by atoms with E-state index in [2.05, 4.69) is 10.6 Å². The summed E-state index contributed by atoms with van der Waals surface area (Å²) in [6, 6.07) is 15.3. The van der Waals surface area contributed by atoms with Crippen LogP contribution in [0.4, 0.5) is 22.7 Å². The van der Waals surface area contributed by atoms with Gasteiger partial charge in [-0.05, 0) is 42.5 Å². The number of benzene rings is 3. The van der Waals surface area contributed by atoms with E-state index >= 15 is 0 Å². The van der Waals surface area contributed by atoms with Gasteiger partial charge in [0, 0.05) is 41.6 Å². The second-order valence-electron chi connectivity index (χ2n) is 7.67. The lowest BCUT2D eigenvalue weighted by molar-refractivity contribution is -0.384. The van der Waals surface area contributed by atoms with Crippen molar-refractivity contribution in [1.29, 1.82) is 0 Å². The number of ether oxygens (including phenoxy) is 1. The molecule has 1 aliphatic rings. The molecule has 3 aromatic carbocycles. The van der Waals surface area contributed by atoms with Crippen LogP contribution < -0.4 is 15.5 Å². The van der Waals surface area contributed by atoms with Crippen LogP contribution >= 0.6 is 23.2 Å². The smallest absolute Gasteiger partial charge is 0.270 e. The van der Waals surface area contributed by atoms with Crippen LogP contribution in [0.15, 0.2) is 60.7 Å². The van der Waals surface area contributed by atoms with Gasteiger partial charge in [0.05, 0.1) is 40.0 Å². The minimum Gasteiger partial charge on any atom is -0.378 e. The highest BCUT2D eigenvalue weighted by atomic mass is 35.5. The lowest BCUT2D eigenvalue weighted by atomic mass is 10.1. The van der Waals surface area contributed by atoms with E-state index in [0.717, 1.165) is 0 Å². The molecular weight excluding hydrogens is 495 g/mol. The summed E-state index contributed by atoms with van der Waals surface area (Å²) < 4.78 is 5.37. The van der Waals surface area contributed by atoms with Crippen molar-refractivity contribution >= 4 is 57.8 Å². The van der Waals surface area contributed by atoms with Crippen molar-refractivity contribution in [3.05, 3.63) is 92.0 Å². The molecule has 0 unspecified atom stereocenters. The number of halogens is 2. The summed E-state index contributed by atoms with van der Waals surface area (Å²) in [7, 11) is 0. The Morgan fingerprint density at radius 3 is 2.17 bits per heavy atom. The molecule has 2 N–H and O–H groups in total. The Labute approximate surface area is 210 Å². The van der Waals surface area contributed by atoms with Crippen LogP contribution in [0.3, 0.4) is 0 Å². The molecule has 3 aromatic rings. The molecule has 2 amide bonds. The second kappa shape index (κ2) is 10.7. The molecule has 11 heteroatoms. The van der Waals surface area contributed by atoms with Gasteiger partial charge in [-0.25, -0.2) is 0 Å². The summed E-state index contributed by atoms with van der Waals surface area (Å²) in [6.45, 7) is 2.12. The van der Waals surface area contributed by atoms with E-state index in [1.165, 1.54) is 24.3 Å². The van der Waals surface area contributed by atoms with Gasteiger partial charge in [0.2, 0.25) is 0 Å². The minimum atomic E-state index is -0.544. The van der Waals surface area contributed by atoms with Crippen molar-refractivity contribution in [2.45, 2.75) is 0 Å². The van der Waals surface area contributed by atoms with Gasteiger partial charge in [-0.2, -0.15) is 0 Å². The average Bonchev–Trinajstić information content (AvgIpc) is 2.84. The summed E-state index contributed by atoms with van der Waals surface area (Å²) in [6.07, 6.45) is 0. The molecule has 0 radical (unpaired) electrons. The summed E-state index contributed by atoms with van der Waals surface area (Å²) in [5, 5.41) is 17.4. The molecule has 180 valence electrons. The molecule has 1 saturated heterocycles. The summed E-state index contributed by atoms with van der Waals surface area (Å²) >= 11 is 12.0. The third-order valence-electron chi connectivity index (χ3n) is 5.34. The standard InChI is InChI=1S/C24H20Cl2N4O5/c25-15-4-6-19(21(26)12-15)23(31)27-16-2-1-3-17(13-16)28-24(32)20-14-18(30(33)34)5-7-22(20)29-8-10-35-11-9-29/h1-7,12-14H,8-11H2,(H,27,31)(H,28,32). The van der Waals surface area contributed by atoms with Crippen LogP contribution in [0.5, 0.6) is 0 Å². The largest absolute Gasteiger partial charge is 0.378 e. The average molecular weight is 515 g/mol. The number of hydrogen-bond acceptors (Lipinski definition) is 6. The van der Waals surface area contributed by atoms with E-state index in [4.69, 9.17) is 27.9 Å². The number of carbonyl (C=O) groups excluding carboxylic acids is 2. The van der Waals surface area contributed by atoms with Crippen LogP contribution in [0.2, 0.25) is 10.0 Å². The number of hydrogen-bond donors (Lipinski definition) is 2. The van der Waals surface area contributed by atoms with E-state index in [1.807, 2.05) is 4.90 Å². The van der Waals surface area contributed by atoms with Crippen molar-refractivity contribution < 1.29 is 19.2 Å². The number of nitro groups is 1. The van der Waals surface area contributed by atoms with Gasteiger partial charge in [0.25, 0.3) is 17.5 Å². The van der Waals surface area contributed by atoms with E-state index in [0.29, 0.717) is 48.4 Å². The Kier molecular flexibility index (Phi) is 7.50. The number of rotatable bonds is 6. The van der Waals surface area contributed by atoms with Gasteiger partial charge >= 0.3 is 0 Å². The monoisotopic (exact) mass is 514 g/mol. The van der Waals surface area contributed by atoms with E-state index in [-0.39, 0.29) is 21.8 Å². The maximum atomic E-state index is 13.2. The first-order valence-electron chi connectivity index (χ1n) is 10.6. The molecule has 0 atom stereocenters. The predicted octanol–water partition coefficient (Wildman–Crippen LogP) is 5.24. The lowest BCUT2D eigenvalue weighted by Gasteiger charge is -2.30. The highest BCUT2D eigenvalue weighted by molar-refractivity contribution is 6.37. The van der Waals surface area contributed by atoms with Gasteiger partial charge < -0.3 is 20.3 Å². The minimum absolute atomic E-state index is 0.170. The van der Waals surface area contributed by atoms with Crippen LogP contribution in [0.1, 0.15) is 20.7 Å². The van der Waals surface area contributed by atoms with Crippen molar-refractivity contribution in [1.82, 2.24) is 0 Å². The Morgan fingerprint density at radius 1 is 0.886 bits per heavy atom. The van der Waals surface area contributed by atoms with Crippen molar-refractivity contribution in [2.75, 3.05) is 41.8 Å². The number of morpholine rings is 1. The molecule has 1 fully saturated rings. The number of amides is 2. The third kappa shape index (κ3) is 5.89. The zero-order valence-electron chi connectivity index (χ0n) is 18.3. The van der Waals surface area contributed by atoms with Gasteiger partial charge in [-0.3, -0.25) is 19.7 Å². The van der Waals surface area contributed by atoms with E-state index in [1.54, 1.807) is 36.4 Å². The second-order valence-corrected chi connectivity index (χ2v) is 8.51. The fraction of sp³-hybridized carbons (Fsp3) is 0.167. The molecule has 4 rings (SSSR count). The fourth-order valence-electron chi connectivity index (χ4n) is 3.64. The number of nitro benzene ring substituents is 1. The molecule has 0 saturated carbocycles. The maximum absolute atomic E-state index is 13.2. The molecule has 9 nitrogen and oxygen atoms in total. The normalized spacial score (nSPS) is 13.3. The molecule has 0 spiro atoms. The number of anilines is 3. The number of nitrogens with zero attached hydrogens (tertiary/aromatic N) is 2. The van der Waals surface area contributed by atoms with Gasteiger partial charge in [-0.1, -0.05) is 29.3 Å². The summed E-state index contributed by atoms with van der Waals surface area (Å²) in [5.74, 6) is -0.956. The first-order valence-corrected chi connectivity index (χ1v) is 11.4. The Bertz CT molecular complexity index is 1290. The first kappa shape index (κ1) is 24.5. The molecule has 35 heavy (non-hydrogen) atoms. The molecule has 0 aromatic heterocycles. The Morgan fingerprint density at radius 2 is 1.54 bits per heavy atom. The van der Waals surface area contributed by atoms with Crippen molar-refractivity contribution in [3.8, 4) is 0 Å². The van der Waals surface area contributed by atoms with Gasteiger partial charge in [0.1, 0.15) is 0 Å². The zero-order chi connectivity index (χ0) is 24.9. The molecular formula is C24H20Cl2N4O5. The summed E-state index contributed by atoms with van der Waals surface area (Å²) in [5.41, 5.74) is 1.63. The SMILES string of the molecule is O=C(Nc1cccc(NC(=O)c2cc([N+](=O)[O-])ccc2N2CCOCC2)c1)c1ccc(Cl)cc1Cl. The highest BCUT2D eigenvalue weighted by Crippen LogP contribution is 2.28. The Hall–Kier alpha value is -3.66. The quantitative estimate of drug-likeness (QED) is 0.343. The maximum Gasteiger partial charge on any atom is 0.270 e. The zero-order valence-corrected chi connectivity index (χ0v) is 19.8. The van der Waals surface area contributed by atoms with E-state index < -0.39 is 16.7 Å². The topological polar surface area (TPSA) is 114 Å². The molecule has 1 aliphatic heterocycles. The van der Waals surface area contributed by atoms with Crippen LogP contribution in [-0.4, -0.2) is 43.0 Å². The lowest BCUT2D eigenvalue weighted by Crippen LogP contribution is -2.37. The molecule has 1 heterocycles. The highest BCUT2D eigenvalue weighted by Gasteiger charge is 2.22. The molecule has 0 bridgehead atoms. The predicted molar refractivity (Wildman–Crippen MR) is 135 cm³/mol. The fourth-order valence-corrected chi connectivity index (χ4v) is 4.14. The van der Waals surface area contributed by atoms with Crippen molar-refractivity contribution in [2.24, 2.45) is 0 Å². The van der Waals surface area contributed by atoms with Crippen LogP contribution in [0.25, 0.3) is 0 Å². The third-order valence-corrected chi connectivity index (χ3v) is 5.89. The number of carbonyl (C=O) groups is 2. The molecule has 0 aliphatic carbocycles. The Balaban J connectivity index is 1.55. The van der Waals surface area contributed by atoms with Gasteiger partial charge in [-0.15, -0.1) is 0 Å².